The van der Waals surface area contributed by atoms with Gasteiger partial charge in [-0.3, -0.25) is 4.79 Å². The number of hydrogen-bond acceptors (Lipinski definition) is 5. The van der Waals surface area contributed by atoms with Crippen molar-refractivity contribution in [2.75, 3.05) is 24.7 Å². The van der Waals surface area contributed by atoms with Crippen LogP contribution in [0.4, 0.5) is 4.39 Å². The van der Waals surface area contributed by atoms with E-state index in [1.807, 2.05) is 23.1 Å². The van der Waals surface area contributed by atoms with E-state index < -0.39 is 15.7 Å². The molecule has 9 heteroatoms. The Morgan fingerprint density at radius 1 is 1.13 bits per heavy atom. The average molecular weight is 449 g/mol. The van der Waals surface area contributed by atoms with E-state index in [2.05, 4.69) is 4.99 Å². The van der Waals surface area contributed by atoms with E-state index in [0.717, 1.165) is 5.56 Å². The third kappa shape index (κ3) is 5.02. The predicted octanol–water partition coefficient (Wildman–Crippen LogP) is 2.54. The highest BCUT2D eigenvalue weighted by Crippen LogP contribution is 2.38. The van der Waals surface area contributed by atoms with E-state index in [0.29, 0.717) is 23.9 Å². The minimum atomic E-state index is -3.10. The SMILES string of the molecule is O=C(COc1ccccc1)N=C1S[C@H]2CS(=O)(=O)C[C@@H]2N1CCc1ccc(F)cc1. The molecule has 0 N–H and O–H groups in total. The number of ether oxygens (including phenoxy) is 1. The normalized spacial score (nSPS) is 23.5. The lowest BCUT2D eigenvalue weighted by atomic mass is 10.1. The van der Waals surface area contributed by atoms with Gasteiger partial charge in [0.2, 0.25) is 0 Å². The van der Waals surface area contributed by atoms with Crippen LogP contribution in [0.15, 0.2) is 59.6 Å². The van der Waals surface area contributed by atoms with Crippen molar-refractivity contribution in [3.63, 3.8) is 0 Å². The zero-order chi connectivity index (χ0) is 21.1. The summed E-state index contributed by atoms with van der Waals surface area (Å²) >= 11 is 1.34. The fourth-order valence-electron chi connectivity index (χ4n) is 3.60. The molecular formula is C21H21FN2O4S2. The molecule has 2 aliphatic heterocycles. The number of nitrogens with zero attached hydrogens (tertiary/aromatic N) is 2. The summed E-state index contributed by atoms with van der Waals surface area (Å²) in [6, 6.07) is 15.0. The lowest BCUT2D eigenvalue weighted by Gasteiger charge is -2.24. The van der Waals surface area contributed by atoms with Gasteiger partial charge in [-0.05, 0) is 36.2 Å². The Hall–Kier alpha value is -2.39. The number of carbonyl (C=O) groups is 1. The van der Waals surface area contributed by atoms with Crippen molar-refractivity contribution in [1.82, 2.24) is 4.90 Å². The number of hydrogen-bond donors (Lipinski definition) is 0. The first-order chi connectivity index (χ1) is 14.4. The van der Waals surface area contributed by atoms with Gasteiger partial charge in [0.15, 0.2) is 21.6 Å². The number of rotatable bonds is 6. The quantitative estimate of drug-likeness (QED) is 0.676. The molecule has 30 heavy (non-hydrogen) atoms. The molecule has 158 valence electrons. The molecule has 2 heterocycles. The molecule has 4 rings (SSSR count). The molecule has 0 aliphatic carbocycles. The average Bonchev–Trinajstić information content (AvgIpc) is 3.18. The summed E-state index contributed by atoms with van der Waals surface area (Å²) in [6.45, 7) is 0.314. The highest BCUT2D eigenvalue weighted by Gasteiger charge is 2.48. The van der Waals surface area contributed by atoms with Gasteiger partial charge in [-0.2, -0.15) is 4.99 Å². The molecule has 0 saturated carbocycles. The summed E-state index contributed by atoms with van der Waals surface area (Å²) in [7, 11) is -3.10. The van der Waals surface area contributed by atoms with Crippen LogP contribution in [0, 0.1) is 5.82 Å². The molecule has 2 saturated heterocycles. The minimum absolute atomic E-state index is 0.0574. The van der Waals surface area contributed by atoms with Gasteiger partial charge in [0.1, 0.15) is 11.6 Å². The molecule has 2 aliphatic rings. The minimum Gasteiger partial charge on any atom is -0.484 e. The molecule has 2 aromatic rings. The Balaban J connectivity index is 1.46. The third-order valence-corrected chi connectivity index (χ3v) is 8.30. The van der Waals surface area contributed by atoms with Gasteiger partial charge >= 0.3 is 0 Å². The number of amides is 1. The maximum absolute atomic E-state index is 13.1. The summed E-state index contributed by atoms with van der Waals surface area (Å²) in [5.41, 5.74) is 0.934. The first kappa shape index (κ1) is 20.9. The van der Waals surface area contributed by atoms with Crippen LogP contribution in [-0.2, 0) is 21.1 Å². The summed E-state index contributed by atoms with van der Waals surface area (Å²) in [5, 5.41) is 0.397. The molecule has 6 nitrogen and oxygen atoms in total. The molecule has 0 bridgehead atoms. The second kappa shape index (κ2) is 8.77. The lowest BCUT2D eigenvalue weighted by molar-refractivity contribution is -0.119. The van der Waals surface area contributed by atoms with E-state index >= 15 is 0 Å². The molecule has 0 radical (unpaired) electrons. The molecule has 0 unspecified atom stereocenters. The van der Waals surface area contributed by atoms with E-state index in [9.17, 15) is 17.6 Å². The maximum atomic E-state index is 13.1. The van der Waals surface area contributed by atoms with Gasteiger partial charge in [-0.1, -0.05) is 42.1 Å². The fraction of sp³-hybridized carbons (Fsp3) is 0.333. The molecule has 2 atom stereocenters. The first-order valence-electron chi connectivity index (χ1n) is 9.57. The van der Waals surface area contributed by atoms with Gasteiger partial charge in [0, 0.05) is 11.8 Å². The number of thioether (sulfide) groups is 1. The fourth-order valence-corrected chi connectivity index (χ4v) is 7.59. The smallest absolute Gasteiger partial charge is 0.285 e. The summed E-state index contributed by atoms with van der Waals surface area (Å²) < 4.78 is 42.8. The van der Waals surface area contributed by atoms with Crippen LogP contribution in [0.1, 0.15) is 5.56 Å². The van der Waals surface area contributed by atoms with Gasteiger partial charge < -0.3 is 9.64 Å². The summed E-state index contributed by atoms with van der Waals surface area (Å²) in [4.78, 5) is 18.5. The number of carbonyl (C=O) groups excluding carboxylic acids is 1. The van der Waals surface area contributed by atoms with Crippen molar-refractivity contribution < 1.29 is 22.3 Å². The van der Waals surface area contributed by atoms with Crippen LogP contribution in [-0.4, -0.2) is 60.3 Å². The van der Waals surface area contributed by atoms with E-state index in [1.165, 1.54) is 23.9 Å². The van der Waals surface area contributed by atoms with Gasteiger partial charge in [-0.15, -0.1) is 0 Å². The van der Waals surface area contributed by atoms with Crippen LogP contribution in [0.5, 0.6) is 5.75 Å². The van der Waals surface area contributed by atoms with E-state index in [1.54, 1.807) is 24.3 Å². The van der Waals surface area contributed by atoms with E-state index in [4.69, 9.17) is 4.74 Å². The van der Waals surface area contributed by atoms with Gasteiger partial charge in [0.05, 0.1) is 17.5 Å². The first-order valence-corrected chi connectivity index (χ1v) is 12.3. The predicted molar refractivity (Wildman–Crippen MR) is 115 cm³/mol. The largest absolute Gasteiger partial charge is 0.484 e. The van der Waals surface area contributed by atoms with Crippen molar-refractivity contribution >= 4 is 32.7 Å². The van der Waals surface area contributed by atoms with Crippen LogP contribution < -0.4 is 4.74 Å². The van der Waals surface area contributed by atoms with Crippen molar-refractivity contribution in [2.45, 2.75) is 17.7 Å². The number of para-hydroxylation sites is 1. The molecule has 2 aromatic carbocycles. The molecule has 1 amide bonds. The van der Waals surface area contributed by atoms with Crippen LogP contribution >= 0.6 is 11.8 Å². The van der Waals surface area contributed by atoms with Gasteiger partial charge in [0.25, 0.3) is 5.91 Å². The maximum Gasteiger partial charge on any atom is 0.285 e. The number of halogens is 1. The van der Waals surface area contributed by atoms with Gasteiger partial charge in [-0.25, -0.2) is 12.8 Å². The highest BCUT2D eigenvalue weighted by molar-refractivity contribution is 8.15. The molecular weight excluding hydrogens is 427 g/mol. The van der Waals surface area contributed by atoms with E-state index in [-0.39, 0.29) is 35.2 Å². The molecule has 0 spiro atoms. The summed E-state index contributed by atoms with van der Waals surface area (Å²) in [5.74, 6) is 0.00572. The Morgan fingerprint density at radius 2 is 1.87 bits per heavy atom. The monoisotopic (exact) mass is 448 g/mol. The lowest BCUT2D eigenvalue weighted by Crippen LogP contribution is -2.39. The van der Waals surface area contributed by atoms with Crippen LogP contribution in [0.25, 0.3) is 0 Å². The Kier molecular flexibility index (Phi) is 6.10. The standard InChI is InChI=1S/C21H21FN2O4S2/c22-16-8-6-15(7-9-16)10-11-24-18-13-30(26,27)14-19(18)29-21(24)23-20(25)12-28-17-4-2-1-3-5-17/h1-9,18-19H,10-14H2/t18-,19-/m0/s1. The second-order valence-electron chi connectivity index (χ2n) is 7.26. The number of fused-ring (bicyclic) bond motifs is 1. The van der Waals surface area contributed by atoms with Crippen molar-refractivity contribution in [3.05, 3.63) is 66.0 Å². The van der Waals surface area contributed by atoms with Crippen LogP contribution in [0.3, 0.4) is 0 Å². The third-order valence-electron chi connectivity index (χ3n) is 5.06. The number of aliphatic imine (C=N–C) groups is 1. The highest BCUT2D eigenvalue weighted by atomic mass is 32.2. The number of benzene rings is 2. The zero-order valence-electron chi connectivity index (χ0n) is 16.1. The van der Waals surface area contributed by atoms with Crippen molar-refractivity contribution in [2.24, 2.45) is 4.99 Å². The Bertz CT molecular complexity index is 1040. The molecule has 2 fully saturated rings. The Morgan fingerprint density at radius 3 is 2.60 bits per heavy atom. The zero-order valence-corrected chi connectivity index (χ0v) is 17.7. The van der Waals surface area contributed by atoms with Crippen molar-refractivity contribution in [1.29, 1.82) is 0 Å². The van der Waals surface area contributed by atoms with Crippen LogP contribution in [0.2, 0.25) is 0 Å². The number of amidine groups is 1. The second-order valence-corrected chi connectivity index (χ2v) is 10.6. The Labute approximate surface area is 179 Å². The molecule has 0 aromatic heterocycles. The number of sulfone groups is 1. The topological polar surface area (TPSA) is 76.0 Å². The summed E-state index contributed by atoms with van der Waals surface area (Å²) in [6.07, 6.45) is 0.595. The van der Waals surface area contributed by atoms with Crippen molar-refractivity contribution in [3.8, 4) is 5.75 Å².